The van der Waals surface area contributed by atoms with Crippen LogP contribution in [0, 0.1) is 0 Å². The van der Waals surface area contributed by atoms with Gasteiger partial charge in [-0.3, -0.25) is 9.59 Å². The number of imidazole rings is 1. The van der Waals surface area contributed by atoms with Crippen LogP contribution in [0.15, 0.2) is 41.2 Å². The van der Waals surface area contributed by atoms with Gasteiger partial charge in [-0.25, -0.2) is 9.97 Å². The number of H-pyrrole nitrogens is 1. The lowest BCUT2D eigenvalue weighted by atomic mass is 10.2. The number of likely N-dealkylation sites (tertiary alicyclic amines) is 1. The highest BCUT2D eigenvalue weighted by atomic mass is 16.2. The number of nitrogens with zero attached hydrogens (tertiary/aromatic N) is 5. The van der Waals surface area contributed by atoms with Crippen molar-refractivity contribution >= 4 is 33.7 Å². The summed E-state index contributed by atoms with van der Waals surface area (Å²) in [7, 11) is 4.05. The Morgan fingerprint density at radius 1 is 1.00 bits per heavy atom. The van der Waals surface area contributed by atoms with Gasteiger partial charge in [0, 0.05) is 51.4 Å². The molecule has 5 rings (SSSR count). The third kappa shape index (κ3) is 4.72. The Morgan fingerprint density at radius 3 is 2.50 bits per heavy atom. The third-order valence-electron chi connectivity index (χ3n) is 7.02. The lowest BCUT2D eigenvalue weighted by Gasteiger charge is -2.17. The van der Waals surface area contributed by atoms with Crippen molar-refractivity contribution in [3.05, 3.63) is 52.4 Å². The molecule has 8 nitrogen and oxygen atoms in total. The lowest BCUT2D eigenvalue weighted by Crippen LogP contribution is -2.26. The number of benzene rings is 2. The van der Waals surface area contributed by atoms with Crippen LogP contribution in [0.4, 0.5) is 5.69 Å². The highest BCUT2D eigenvalue weighted by molar-refractivity contribution is 5.93. The molecule has 1 amide bonds. The minimum absolute atomic E-state index is 0.121. The molecule has 0 saturated carbocycles. The molecule has 188 valence electrons. The molecule has 0 radical (unpaired) electrons. The number of hydrogen-bond donors (Lipinski definition) is 1. The van der Waals surface area contributed by atoms with Crippen molar-refractivity contribution in [2.45, 2.75) is 52.0 Å². The van der Waals surface area contributed by atoms with Gasteiger partial charge in [-0.1, -0.05) is 13.3 Å². The van der Waals surface area contributed by atoms with Crippen molar-refractivity contribution in [2.24, 2.45) is 0 Å². The molecule has 8 heteroatoms. The highest BCUT2D eigenvalue weighted by Gasteiger charge is 2.20. The minimum Gasteiger partial charge on any atom is -0.378 e. The second-order valence-electron chi connectivity index (χ2n) is 9.84. The zero-order chi connectivity index (χ0) is 25.2. The smallest absolute Gasteiger partial charge is 0.270 e. The number of aromatic nitrogens is 4. The Balaban J connectivity index is 1.57. The molecule has 1 N–H and O–H groups in total. The van der Waals surface area contributed by atoms with Gasteiger partial charge in [0.25, 0.3) is 5.56 Å². The molecule has 0 unspecified atom stereocenters. The summed E-state index contributed by atoms with van der Waals surface area (Å²) in [5, 5.41) is 0. The average Bonchev–Trinajstić information content (AvgIpc) is 3.44. The number of aromatic amines is 1. The standard InChI is InChI=1S/C28H34N6O2/c1-4-5-8-21-28(36)31-22-17-24-25(18-23(22)29-21)34(16-7-15-33-14-6-9-26(33)35)27(30-24)19-10-12-20(13-11-19)32(2)3/h10-13,17-18H,4-9,14-16H2,1-3H3,(H,31,36). The number of nitrogens with one attached hydrogen (secondary N) is 1. The molecule has 1 aliphatic heterocycles. The van der Waals surface area contributed by atoms with Crippen molar-refractivity contribution in [3.63, 3.8) is 0 Å². The Labute approximate surface area is 211 Å². The van der Waals surface area contributed by atoms with E-state index in [4.69, 9.17) is 9.97 Å². The second kappa shape index (κ2) is 10.1. The fourth-order valence-electron chi connectivity index (χ4n) is 4.97. The van der Waals surface area contributed by atoms with E-state index in [1.807, 2.05) is 31.1 Å². The highest BCUT2D eigenvalue weighted by Crippen LogP contribution is 2.29. The molecule has 1 saturated heterocycles. The SMILES string of the molecule is CCCCc1nc2cc3c(cc2[nH]c1=O)nc(-c1ccc(N(C)C)cc1)n3CCCN1CCCC1=O. The molecule has 1 fully saturated rings. The third-order valence-corrected chi connectivity index (χ3v) is 7.02. The molecular weight excluding hydrogens is 452 g/mol. The number of unbranched alkanes of at least 4 members (excludes halogenated alkanes) is 1. The number of amides is 1. The van der Waals surface area contributed by atoms with E-state index >= 15 is 0 Å². The second-order valence-corrected chi connectivity index (χ2v) is 9.84. The summed E-state index contributed by atoms with van der Waals surface area (Å²) in [5.74, 6) is 1.13. The number of rotatable bonds is 9. The Morgan fingerprint density at radius 2 is 1.81 bits per heavy atom. The zero-order valence-electron chi connectivity index (χ0n) is 21.4. The van der Waals surface area contributed by atoms with Gasteiger partial charge >= 0.3 is 0 Å². The van der Waals surface area contributed by atoms with E-state index in [0.29, 0.717) is 24.1 Å². The fraction of sp³-hybridized carbons (Fsp3) is 0.429. The zero-order valence-corrected chi connectivity index (χ0v) is 21.4. The topological polar surface area (TPSA) is 87.1 Å². The quantitative estimate of drug-likeness (QED) is 0.380. The molecule has 36 heavy (non-hydrogen) atoms. The van der Waals surface area contributed by atoms with Gasteiger partial charge in [0.15, 0.2) is 0 Å². The van der Waals surface area contributed by atoms with Crippen LogP contribution in [0.1, 0.15) is 44.7 Å². The molecule has 2 aromatic carbocycles. The van der Waals surface area contributed by atoms with Crippen molar-refractivity contribution in [1.82, 2.24) is 24.4 Å². The summed E-state index contributed by atoms with van der Waals surface area (Å²) in [6, 6.07) is 12.4. The molecule has 4 aromatic rings. The molecule has 0 spiro atoms. The first kappa shape index (κ1) is 24.0. The average molecular weight is 487 g/mol. The molecule has 3 heterocycles. The van der Waals surface area contributed by atoms with Gasteiger partial charge in [0.2, 0.25) is 5.91 Å². The maximum atomic E-state index is 12.6. The number of fused-ring (bicyclic) bond motifs is 2. The van der Waals surface area contributed by atoms with Gasteiger partial charge < -0.3 is 19.4 Å². The van der Waals surface area contributed by atoms with Crippen molar-refractivity contribution in [2.75, 3.05) is 32.1 Å². The first-order chi connectivity index (χ1) is 17.4. The van der Waals surface area contributed by atoms with Crippen LogP contribution in [0.5, 0.6) is 0 Å². The fourth-order valence-corrected chi connectivity index (χ4v) is 4.97. The Hall–Kier alpha value is -3.68. The first-order valence-corrected chi connectivity index (χ1v) is 12.9. The number of carbonyl (C=O) groups is 1. The van der Waals surface area contributed by atoms with Crippen LogP contribution >= 0.6 is 0 Å². The van der Waals surface area contributed by atoms with Crippen LogP contribution in [-0.2, 0) is 17.8 Å². The monoisotopic (exact) mass is 486 g/mol. The summed E-state index contributed by atoms with van der Waals surface area (Å²) in [4.78, 5) is 41.4. The van der Waals surface area contributed by atoms with E-state index in [1.165, 1.54) is 0 Å². The van der Waals surface area contributed by atoms with Gasteiger partial charge in [-0.05, 0) is 62.1 Å². The van der Waals surface area contributed by atoms with E-state index in [1.54, 1.807) is 0 Å². The normalized spacial score (nSPS) is 13.9. The summed E-state index contributed by atoms with van der Waals surface area (Å²) < 4.78 is 2.23. The van der Waals surface area contributed by atoms with Crippen molar-refractivity contribution < 1.29 is 4.79 Å². The van der Waals surface area contributed by atoms with Crippen LogP contribution in [0.2, 0.25) is 0 Å². The van der Waals surface area contributed by atoms with E-state index in [-0.39, 0.29) is 11.5 Å². The van der Waals surface area contributed by atoms with Gasteiger partial charge in [0.1, 0.15) is 11.5 Å². The lowest BCUT2D eigenvalue weighted by molar-refractivity contribution is -0.127. The van der Waals surface area contributed by atoms with Gasteiger partial charge in [-0.2, -0.15) is 0 Å². The molecule has 2 aromatic heterocycles. The minimum atomic E-state index is -0.121. The summed E-state index contributed by atoms with van der Waals surface area (Å²) in [6.45, 7) is 4.45. The van der Waals surface area contributed by atoms with Crippen LogP contribution in [-0.4, -0.2) is 57.5 Å². The maximum absolute atomic E-state index is 12.6. The van der Waals surface area contributed by atoms with Gasteiger partial charge in [0.05, 0.1) is 22.1 Å². The van der Waals surface area contributed by atoms with E-state index in [0.717, 1.165) is 78.9 Å². The molecular formula is C28H34N6O2. The van der Waals surface area contributed by atoms with Crippen molar-refractivity contribution in [1.29, 1.82) is 0 Å². The summed E-state index contributed by atoms with van der Waals surface area (Å²) in [6.07, 6.45) is 5.08. The van der Waals surface area contributed by atoms with Crippen molar-refractivity contribution in [3.8, 4) is 11.4 Å². The van der Waals surface area contributed by atoms with E-state index in [9.17, 15) is 9.59 Å². The Kier molecular flexibility index (Phi) is 6.76. The van der Waals surface area contributed by atoms with E-state index in [2.05, 4.69) is 45.6 Å². The number of carbonyl (C=O) groups excluding carboxylic acids is 1. The van der Waals surface area contributed by atoms with Gasteiger partial charge in [-0.15, -0.1) is 0 Å². The van der Waals surface area contributed by atoms with Crippen LogP contribution < -0.4 is 10.5 Å². The van der Waals surface area contributed by atoms with E-state index < -0.39 is 0 Å². The van der Waals surface area contributed by atoms with Crippen LogP contribution in [0.3, 0.4) is 0 Å². The summed E-state index contributed by atoms with van der Waals surface area (Å²) in [5.41, 5.74) is 5.91. The number of hydrogen-bond acceptors (Lipinski definition) is 5. The Bertz CT molecular complexity index is 1450. The maximum Gasteiger partial charge on any atom is 0.270 e. The predicted molar refractivity (Wildman–Crippen MR) is 144 cm³/mol. The first-order valence-electron chi connectivity index (χ1n) is 12.9. The number of aryl methyl sites for hydroxylation is 2. The molecule has 0 bridgehead atoms. The number of anilines is 1. The molecule has 1 aliphatic rings. The summed E-state index contributed by atoms with van der Waals surface area (Å²) >= 11 is 0. The van der Waals surface area contributed by atoms with Crippen LogP contribution in [0.25, 0.3) is 33.5 Å². The predicted octanol–water partition coefficient (Wildman–Crippen LogP) is 4.36. The largest absolute Gasteiger partial charge is 0.378 e. The molecule has 0 atom stereocenters. The molecule has 0 aliphatic carbocycles.